The zero-order valence-corrected chi connectivity index (χ0v) is 18.9. The van der Waals surface area contributed by atoms with Gasteiger partial charge < -0.3 is 19.4 Å². The van der Waals surface area contributed by atoms with E-state index in [9.17, 15) is 0 Å². The van der Waals surface area contributed by atoms with Gasteiger partial charge >= 0.3 is 6.01 Å². The summed E-state index contributed by atoms with van der Waals surface area (Å²) >= 11 is 0. The molecule has 0 aliphatic carbocycles. The molecule has 1 saturated heterocycles. The molecule has 1 aliphatic heterocycles. The molecular weight excluding hydrogens is 430 g/mol. The van der Waals surface area contributed by atoms with Crippen molar-refractivity contribution in [1.29, 1.82) is 0 Å². The molecule has 0 bridgehead atoms. The van der Waals surface area contributed by atoms with Crippen molar-refractivity contribution in [2.24, 2.45) is 5.10 Å². The van der Waals surface area contributed by atoms with E-state index in [4.69, 9.17) is 9.47 Å². The van der Waals surface area contributed by atoms with Crippen LogP contribution in [0.25, 0.3) is 10.9 Å². The molecule has 34 heavy (non-hydrogen) atoms. The lowest BCUT2D eigenvalue weighted by Gasteiger charge is -2.28. The Morgan fingerprint density at radius 3 is 2.79 bits per heavy atom. The molecule has 174 valence electrons. The summed E-state index contributed by atoms with van der Waals surface area (Å²) in [6, 6.07) is 14.0. The first-order chi connectivity index (χ1) is 16.8. The molecule has 3 aromatic heterocycles. The number of hydrazone groups is 1. The molecule has 9 nitrogen and oxygen atoms in total. The summed E-state index contributed by atoms with van der Waals surface area (Å²) in [7, 11) is 0. The number of pyridine rings is 1. The Hall–Kier alpha value is -4.14. The maximum absolute atomic E-state index is 5.82. The summed E-state index contributed by atoms with van der Waals surface area (Å²) < 4.78 is 11.5. The second-order valence-corrected chi connectivity index (χ2v) is 7.99. The molecule has 0 unspecified atom stereocenters. The van der Waals surface area contributed by atoms with Gasteiger partial charge in [0, 0.05) is 48.0 Å². The molecule has 1 fully saturated rings. The SMILES string of the molecule is C(=N\Nc1cc(N2CCCCC2)nc(OCCOc2cccnc2)n1)/c1c[nH]c2ccccc12. The molecule has 0 amide bonds. The van der Waals surface area contributed by atoms with Crippen LogP contribution in [0.4, 0.5) is 11.6 Å². The summed E-state index contributed by atoms with van der Waals surface area (Å²) in [6.07, 6.45) is 10.6. The zero-order valence-electron chi connectivity index (χ0n) is 18.9. The van der Waals surface area contributed by atoms with Gasteiger partial charge in [-0.25, -0.2) is 0 Å². The molecule has 4 aromatic rings. The van der Waals surface area contributed by atoms with E-state index in [2.05, 4.69) is 41.4 Å². The number of H-pyrrole nitrogens is 1. The number of aromatic nitrogens is 4. The van der Waals surface area contributed by atoms with Crippen LogP contribution < -0.4 is 19.8 Å². The van der Waals surface area contributed by atoms with Gasteiger partial charge in [0.05, 0.1) is 12.4 Å². The minimum atomic E-state index is 0.294. The number of fused-ring (bicyclic) bond motifs is 1. The van der Waals surface area contributed by atoms with E-state index in [0.29, 0.717) is 30.8 Å². The van der Waals surface area contributed by atoms with E-state index in [-0.39, 0.29) is 0 Å². The van der Waals surface area contributed by atoms with Gasteiger partial charge in [0.1, 0.15) is 24.8 Å². The van der Waals surface area contributed by atoms with Gasteiger partial charge in [-0.15, -0.1) is 0 Å². The number of ether oxygens (including phenoxy) is 2. The van der Waals surface area contributed by atoms with Gasteiger partial charge in [0.15, 0.2) is 5.82 Å². The topological polar surface area (TPSA) is 101 Å². The van der Waals surface area contributed by atoms with E-state index in [1.165, 1.54) is 6.42 Å². The normalized spacial score (nSPS) is 13.9. The first-order valence-corrected chi connectivity index (χ1v) is 11.5. The lowest BCUT2D eigenvalue weighted by Crippen LogP contribution is -2.30. The molecule has 0 radical (unpaired) electrons. The van der Waals surface area contributed by atoms with Gasteiger partial charge in [-0.1, -0.05) is 18.2 Å². The van der Waals surface area contributed by atoms with Crippen molar-refractivity contribution in [1.82, 2.24) is 19.9 Å². The fraction of sp³-hybridized carbons (Fsp3) is 0.280. The van der Waals surface area contributed by atoms with E-state index in [1.54, 1.807) is 18.6 Å². The molecule has 5 rings (SSSR count). The number of hydrogen-bond acceptors (Lipinski definition) is 8. The average Bonchev–Trinajstić information content (AvgIpc) is 3.31. The Balaban J connectivity index is 1.27. The number of anilines is 2. The van der Waals surface area contributed by atoms with Gasteiger partial charge in [0.2, 0.25) is 0 Å². The van der Waals surface area contributed by atoms with Crippen LogP contribution in [0.2, 0.25) is 0 Å². The quantitative estimate of drug-likeness (QED) is 0.220. The van der Waals surface area contributed by atoms with Crippen LogP contribution in [0.1, 0.15) is 24.8 Å². The number of nitrogens with one attached hydrogen (secondary N) is 2. The van der Waals surface area contributed by atoms with Gasteiger partial charge in [-0.3, -0.25) is 10.4 Å². The molecule has 0 spiro atoms. The molecule has 0 atom stereocenters. The largest absolute Gasteiger partial charge is 0.488 e. The molecule has 9 heteroatoms. The van der Waals surface area contributed by atoms with Crippen LogP contribution in [0.15, 0.2) is 66.2 Å². The second kappa shape index (κ2) is 10.7. The monoisotopic (exact) mass is 457 g/mol. The highest BCUT2D eigenvalue weighted by Crippen LogP contribution is 2.23. The fourth-order valence-electron chi connectivity index (χ4n) is 3.91. The Labute approximate surface area is 197 Å². The number of aromatic amines is 1. The van der Waals surface area contributed by atoms with Gasteiger partial charge in [0.25, 0.3) is 0 Å². The Morgan fingerprint density at radius 1 is 1.03 bits per heavy atom. The number of nitrogens with zero attached hydrogens (tertiary/aromatic N) is 5. The van der Waals surface area contributed by atoms with Crippen LogP contribution in [-0.4, -0.2) is 52.5 Å². The summed E-state index contributed by atoms with van der Waals surface area (Å²) in [5.74, 6) is 2.11. The van der Waals surface area contributed by atoms with Crippen LogP contribution in [0, 0.1) is 0 Å². The number of piperidine rings is 1. The van der Waals surface area contributed by atoms with Crippen LogP contribution in [0.5, 0.6) is 11.8 Å². The minimum absolute atomic E-state index is 0.294. The van der Waals surface area contributed by atoms with Crippen LogP contribution >= 0.6 is 0 Å². The third-order valence-corrected chi connectivity index (χ3v) is 5.59. The van der Waals surface area contributed by atoms with Crippen molar-refractivity contribution < 1.29 is 9.47 Å². The van der Waals surface area contributed by atoms with Crippen LogP contribution in [-0.2, 0) is 0 Å². The number of hydrogen-bond donors (Lipinski definition) is 2. The first kappa shape index (κ1) is 21.7. The van der Waals surface area contributed by atoms with E-state index in [1.807, 2.05) is 42.6 Å². The standard InChI is InChI=1S/C25H27N7O2/c1-4-11-32(12-5-1)24-15-23(31-28-17-19-16-27-22-9-3-2-8-21(19)22)29-25(30-24)34-14-13-33-20-7-6-10-26-18-20/h2-3,6-10,15-18,27H,1,4-5,11-14H2,(H,29,30,31)/b28-17+. The maximum atomic E-state index is 5.82. The molecule has 0 saturated carbocycles. The molecular formula is C25H27N7O2. The lowest BCUT2D eigenvalue weighted by atomic mass is 10.1. The first-order valence-electron chi connectivity index (χ1n) is 11.5. The highest BCUT2D eigenvalue weighted by Gasteiger charge is 2.15. The summed E-state index contributed by atoms with van der Waals surface area (Å²) in [5, 5.41) is 5.52. The second-order valence-electron chi connectivity index (χ2n) is 7.99. The Kier molecular flexibility index (Phi) is 6.80. The van der Waals surface area contributed by atoms with E-state index < -0.39 is 0 Å². The molecule has 2 N–H and O–H groups in total. The van der Waals surface area contributed by atoms with E-state index >= 15 is 0 Å². The Morgan fingerprint density at radius 2 is 1.91 bits per heavy atom. The lowest BCUT2D eigenvalue weighted by molar-refractivity contribution is 0.206. The van der Waals surface area contributed by atoms with Crippen LogP contribution in [0.3, 0.4) is 0 Å². The average molecular weight is 458 g/mol. The number of rotatable bonds is 9. The van der Waals surface area contributed by atoms with E-state index in [0.717, 1.165) is 48.2 Å². The van der Waals surface area contributed by atoms with Gasteiger partial charge in [-0.2, -0.15) is 15.1 Å². The summed E-state index contributed by atoms with van der Waals surface area (Å²) in [6.45, 7) is 2.62. The Bertz CT molecular complexity index is 1240. The van der Waals surface area contributed by atoms with Crippen molar-refractivity contribution in [3.63, 3.8) is 0 Å². The third kappa shape index (κ3) is 5.43. The molecule has 1 aliphatic rings. The summed E-state index contributed by atoms with van der Waals surface area (Å²) in [5.41, 5.74) is 5.11. The van der Waals surface area contributed by atoms with Crippen molar-refractivity contribution in [3.05, 3.63) is 66.6 Å². The zero-order chi connectivity index (χ0) is 23.0. The highest BCUT2D eigenvalue weighted by atomic mass is 16.5. The van der Waals surface area contributed by atoms with Gasteiger partial charge in [-0.05, 0) is 37.5 Å². The molecule has 1 aromatic carbocycles. The fourth-order valence-corrected chi connectivity index (χ4v) is 3.91. The summed E-state index contributed by atoms with van der Waals surface area (Å²) in [4.78, 5) is 18.7. The predicted molar refractivity (Wildman–Crippen MR) is 133 cm³/mol. The maximum Gasteiger partial charge on any atom is 0.320 e. The van der Waals surface area contributed by atoms with Crippen molar-refractivity contribution >= 4 is 28.8 Å². The highest BCUT2D eigenvalue weighted by molar-refractivity contribution is 5.99. The van der Waals surface area contributed by atoms with Crippen molar-refractivity contribution in [3.8, 4) is 11.8 Å². The predicted octanol–water partition coefficient (Wildman–Crippen LogP) is 4.25. The smallest absolute Gasteiger partial charge is 0.320 e. The minimum Gasteiger partial charge on any atom is -0.488 e. The van der Waals surface area contributed by atoms with Crippen molar-refractivity contribution in [2.75, 3.05) is 36.6 Å². The molecule has 4 heterocycles. The van der Waals surface area contributed by atoms with Crippen molar-refractivity contribution in [2.45, 2.75) is 19.3 Å². The number of benzene rings is 1. The third-order valence-electron chi connectivity index (χ3n) is 5.59. The number of para-hydroxylation sites is 1.